The van der Waals surface area contributed by atoms with E-state index in [0.29, 0.717) is 17.0 Å². The fourth-order valence-corrected chi connectivity index (χ4v) is 2.33. The zero-order chi connectivity index (χ0) is 12.1. The van der Waals surface area contributed by atoms with E-state index < -0.39 is 0 Å². The number of nitrogens with zero attached hydrogens (tertiary/aromatic N) is 1. The van der Waals surface area contributed by atoms with Crippen molar-refractivity contribution < 1.29 is 9.13 Å². The summed E-state index contributed by atoms with van der Waals surface area (Å²) < 4.78 is 18.8. The molecule has 0 amide bonds. The fraction of sp³-hybridized carbons (Fsp3) is 0.538. The van der Waals surface area contributed by atoms with Gasteiger partial charge in [0.25, 0.3) is 0 Å². The molecule has 2 rings (SSSR count). The van der Waals surface area contributed by atoms with E-state index in [1.54, 1.807) is 12.1 Å². The monoisotopic (exact) mass is 257 g/mol. The fourth-order valence-electron chi connectivity index (χ4n) is 2.08. The smallest absolute Gasteiger partial charge is 0.127 e. The SMILES string of the molecule is Fc1cccc(Cl)c1CCCN1CCOCC1. The molecule has 0 spiro atoms. The van der Waals surface area contributed by atoms with Crippen molar-refractivity contribution in [1.82, 2.24) is 4.90 Å². The Bertz CT molecular complexity index is 346. The van der Waals surface area contributed by atoms with Crippen molar-refractivity contribution >= 4 is 11.6 Å². The van der Waals surface area contributed by atoms with E-state index in [-0.39, 0.29) is 5.82 Å². The molecule has 1 aromatic carbocycles. The van der Waals surface area contributed by atoms with Gasteiger partial charge in [-0.05, 0) is 31.5 Å². The lowest BCUT2D eigenvalue weighted by atomic mass is 10.1. The molecule has 0 saturated carbocycles. The van der Waals surface area contributed by atoms with Crippen LogP contribution in [0.4, 0.5) is 4.39 Å². The summed E-state index contributed by atoms with van der Waals surface area (Å²) in [6.45, 7) is 4.55. The lowest BCUT2D eigenvalue weighted by molar-refractivity contribution is 0.0374. The van der Waals surface area contributed by atoms with E-state index in [4.69, 9.17) is 16.3 Å². The number of rotatable bonds is 4. The lowest BCUT2D eigenvalue weighted by Crippen LogP contribution is -2.36. The van der Waals surface area contributed by atoms with E-state index >= 15 is 0 Å². The van der Waals surface area contributed by atoms with E-state index in [1.807, 2.05) is 0 Å². The maximum absolute atomic E-state index is 13.5. The molecule has 0 aliphatic carbocycles. The van der Waals surface area contributed by atoms with Crippen molar-refractivity contribution in [1.29, 1.82) is 0 Å². The summed E-state index contributed by atoms with van der Waals surface area (Å²) in [5, 5.41) is 0.534. The molecule has 1 saturated heterocycles. The summed E-state index contributed by atoms with van der Waals surface area (Å²) in [4.78, 5) is 2.35. The third kappa shape index (κ3) is 3.66. The Morgan fingerprint density at radius 1 is 1.29 bits per heavy atom. The Morgan fingerprint density at radius 2 is 2.06 bits per heavy atom. The highest BCUT2D eigenvalue weighted by Gasteiger charge is 2.11. The maximum Gasteiger partial charge on any atom is 0.127 e. The third-order valence-electron chi connectivity index (χ3n) is 3.07. The summed E-state index contributed by atoms with van der Waals surface area (Å²) in [5.41, 5.74) is 0.641. The summed E-state index contributed by atoms with van der Waals surface area (Å²) in [7, 11) is 0. The van der Waals surface area contributed by atoms with Gasteiger partial charge >= 0.3 is 0 Å². The first-order chi connectivity index (χ1) is 8.27. The van der Waals surface area contributed by atoms with Crippen LogP contribution in [-0.2, 0) is 11.2 Å². The van der Waals surface area contributed by atoms with Gasteiger partial charge in [0.05, 0.1) is 13.2 Å². The molecular weight excluding hydrogens is 241 g/mol. The van der Waals surface area contributed by atoms with Crippen molar-refractivity contribution in [3.63, 3.8) is 0 Å². The molecule has 94 valence electrons. The Kier molecular flexibility index (Phi) is 4.77. The molecule has 4 heteroatoms. The number of hydrogen-bond acceptors (Lipinski definition) is 2. The molecule has 0 radical (unpaired) electrons. The van der Waals surface area contributed by atoms with Crippen LogP contribution in [0.5, 0.6) is 0 Å². The minimum atomic E-state index is -0.195. The number of ether oxygens (including phenoxy) is 1. The van der Waals surface area contributed by atoms with E-state index in [1.165, 1.54) is 6.07 Å². The van der Waals surface area contributed by atoms with Crippen molar-refractivity contribution in [2.24, 2.45) is 0 Å². The van der Waals surface area contributed by atoms with Gasteiger partial charge in [-0.3, -0.25) is 4.90 Å². The van der Waals surface area contributed by atoms with Gasteiger partial charge in [0.2, 0.25) is 0 Å². The van der Waals surface area contributed by atoms with Gasteiger partial charge in [0.15, 0.2) is 0 Å². The summed E-state index contributed by atoms with van der Waals surface area (Å²) in [5.74, 6) is -0.195. The summed E-state index contributed by atoms with van der Waals surface area (Å²) >= 11 is 5.98. The van der Waals surface area contributed by atoms with Gasteiger partial charge in [-0.15, -0.1) is 0 Å². The van der Waals surface area contributed by atoms with Crippen LogP contribution in [0.1, 0.15) is 12.0 Å². The van der Waals surface area contributed by atoms with Crippen LogP contribution in [-0.4, -0.2) is 37.7 Å². The molecule has 1 heterocycles. The Labute approximate surface area is 106 Å². The molecule has 1 aromatic rings. The second-order valence-electron chi connectivity index (χ2n) is 4.26. The third-order valence-corrected chi connectivity index (χ3v) is 3.42. The molecule has 0 N–H and O–H groups in total. The van der Waals surface area contributed by atoms with Gasteiger partial charge in [-0.1, -0.05) is 17.7 Å². The van der Waals surface area contributed by atoms with Gasteiger partial charge in [-0.25, -0.2) is 4.39 Å². The van der Waals surface area contributed by atoms with Gasteiger partial charge in [0, 0.05) is 23.7 Å². The second-order valence-corrected chi connectivity index (χ2v) is 4.66. The molecule has 0 atom stereocenters. The molecular formula is C13H17ClFNO. The minimum Gasteiger partial charge on any atom is -0.379 e. The van der Waals surface area contributed by atoms with Crippen LogP contribution in [0.3, 0.4) is 0 Å². The van der Waals surface area contributed by atoms with Crippen LogP contribution in [0.25, 0.3) is 0 Å². The summed E-state index contributed by atoms with van der Waals surface area (Å²) in [6.07, 6.45) is 1.63. The van der Waals surface area contributed by atoms with Crippen LogP contribution < -0.4 is 0 Å². The Hall–Kier alpha value is -0.640. The molecule has 17 heavy (non-hydrogen) atoms. The molecule has 0 aromatic heterocycles. The van der Waals surface area contributed by atoms with Crippen LogP contribution in [0, 0.1) is 5.82 Å². The number of halogens is 2. The molecule has 1 fully saturated rings. The topological polar surface area (TPSA) is 12.5 Å². The number of morpholine rings is 1. The Balaban J connectivity index is 1.81. The first kappa shape index (κ1) is 12.8. The predicted molar refractivity (Wildman–Crippen MR) is 67.0 cm³/mol. The molecule has 0 unspecified atom stereocenters. The van der Waals surface area contributed by atoms with E-state index in [9.17, 15) is 4.39 Å². The first-order valence-electron chi connectivity index (χ1n) is 6.00. The van der Waals surface area contributed by atoms with Crippen molar-refractivity contribution in [3.05, 3.63) is 34.6 Å². The molecule has 1 aliphatic heterocycles. The predicted octanol–water partition coefficient (Wildman–Crippen LogP) is 2.74. The van der Waals surface area contributed by atoms with Crippen molar-refractivity contribution in [2.45, 2.75) is 12.8 Å². The number of benzene rings is 1. The summed E-state index contributed by atoms with van der Waals surface area (Å²) in [6, 6.07) is 4.85. The van der Waals surface area contributed by atoms with Crippen LogP contribution in [0.15, 0.2) is 18.2 Å². The first-order valence-corrected chi connectivity index (χ1v) is 6.38. The largest absolute Gasteiger partial charge is 0.379 e. The van der Waals surface area contributed by atoms with Crippen molar-refractivity contribution in [3.8, 4) is 0 Å². The quantitative estimate of drug-likeness (QED) is 0.822. The van der Waals surface area contributed by atoms with Crippen LogP contribution in [0.2, 0.25) is 5.02 Å². The molecule has 1 aliphatic rings. The zero-order valence-corrected chi connectivity index (χ0v) is 10.5. The average molecular weight is 258 g/mol. The molecule has 0 bridgehead atoms. The zero-order valence-electron chi connectivity index (χ0n) is 9.79. The highest BCUT2D eigenvalue weighted by atomic mass is 35.5. The maximum atomic E-state index is 13.5. The van der Waals surface area contributed by atoms with Gasteiger partial charge < -0.3 is 4.74 Å². The van der Waals surface area contributed by atoms with Crippen LogP contribution >= 0.6 is 11.6 Å². The average Bonchev–Trinajstić information content (AvgIpc) is 2.34. The second kappa shape index (κ2) is 6.34. The van der Waals surface area contributed by atoms with Crippen molar-refractivity contribution in [2.75, 3.05) is 32.8 Å². The van der Waals surface area contributed by atoms with E-state index in [0.717, 1.165) is 39.3 Å². The van der Waals surface area contributed by atoms with E-state index in [2.05, 4.69) is 4.90 Å². The standard InChI is InChI=1S/C13H17ClFNO/c14-12-4-1-5-13(15)11(12)3-2-6-16-7-9-17-10-8-16/h1,4-5H,2-3,6-10H2. The normalized spacial score (nSPS) is 17.3. The van der Waals surface area contributed by atoms with Gasteiger partial charge in [-0.2, -0.15) is 0 Å². The highest BCUT2D eigenvalue weighted by molar-refractivity contribution is 6.31. The van der Waals surface area contributed by atoms with Gasteiger partial charge in [0.1, 0.15) is 5.82 Å². The minimum absolute atomic E-state index is 0.195. The molecule has 2 nitrogen and oxygen atoms in total. The number of hydrogen-bond donors (Lipinski definition) is 0. The highest BCUT2D eigenvalue weighted by Crippen LogP contribution is 2.20. The Morgan fingerprint density at radius 3 is 2.76 bits per heavy atom. The lowest BCUT2D eigenvalue weighted by Gasteiger charge is -2.26.